The maximum absolute atomic E-state index is 12.7. The lowest BCUT2D eigenvalue weighted by Crippen LogP contribution is -2.46. The van der Waals surface area contributed by atoms with E-state index in [9.17, 15) is 4.79 Å². The standard InChI is InChI=1S/C23H25N3O3S/c1-17-16-26(11-12-28-17)20(21-8-5-13-30-21)15-25-23(27)18-9-10-22(24-14-18)29-19-6-3-2-4-7-19/h2-10,13-14,17,20H,11-12,15-16H2,1H3,(H,25,27)/t17-,20+/m0/s1. The van der Waals surface area contributed by atoms with E-state index in [1.807, 2.05) is 36.4 Å². The average molecular weight is 424 g/mol. The molecule has 3 aromatic rings. The summed E-state index contributed by atoms with van der Waals surface area (Å²) in [4.78, 5) is 20.6. The number of amides is 1. The maximum atomic E-state index is 12.7. The van der Waals surface area contributed by atoms with Gasteiger partial charge in [0.25, 0.3) is 5.91 Å². The Hall–Kier alpha value is -2.74. The van der Waals surface area contributed by atoms with Crippen LogP contribution in [0.3, 0.4) is 0 Å². The number of aromatic nitrogens is 1. The monoisotopic (exact) mass is 423 g/mol. The van der Waals surface area contributed by atoms with Crippen molar-refractivity contribution in [2.45, 2.75) is 19.1 Å². The summed E-state index contributed by atoms with van der Waals surface area (Å²) in [5.74, 6) is 1.02. The number of carbonyl (C=O) groups is 1. The van der Waals surface area contributed by atoms with Crippen LogP contribution in [0.1, 0.15) is 28.2 Å². The van der Waals surface area contributed by atoms with E-state index in [-0.39, 0.29) is 18.1 Å². The number of hydrogen-bond donors (Lipinski definition) is 1. The van der Waals surface area contributed by atoms with Gasteiger partial charge in [0.1, 0.15) is 5.75 Å². The second-order valence-electron chi connectivity index (χ2n) is 7.22. The van der Waals surface area contributed by atoms with Crippen molar-refractivity contribution in [3.05, 3.63) is 76.6 Å². The molecule has 3 heterocycles. The van der Waals surface area contributed by atoms with Crippen molar-refractivity contribution in [2.24, 2.45) is 0 Å². The van der Waals surface area contributed by atoms with Crippen LogP contribution in [0.15, 0.2) is 66.2 Å². The molecule has 1 saturated heterocycles. The molecular formula is C23H25N3O3S. The molecule has 0 radical (unpaired) electrons. The predicted octanol–water partition coefficient (Wildman–Crippen LogP) is 4.13. The average Bonchev–Trinajstić information content (AvgIpc) is 3.30. The Morgan fingerprint density at radius 1 is 1.27 bits per heavy atom. The van der Waals surface area contributed by atoms with Crippen LogP contribution >= 0.6 is 11.3 Å². The highest BCUT2D eigenvalue weighted by Gasteiger charge is 2.26. The molecule has 1 amide bonds. The molecule has 2 atom stereocenters. The number of para-hydroxylation sites is 1. The second kappa shape index (κ2) is 9.84. The number of carbonyl (C=O) groups excluding carboxylic acids is 1. The molecule has 0 aliphatic carbocycles. The minimum Gasteiger partial charge on any atom is -0.439 e. The Labute approximate surface area is 180 Å². The summed E-state index contributed by atoms with van der Waals surface area (Å²) in [5.41, 5.74) is 0.510. The van der Waals surface area contributed by atoms with Gasteiger partial charge in [0.2, 0.25) is 5.88 Å². The normalized spacial score (nSPS) is 18.0. The number of rotatable bonds is 7. The zero-order valence-electron chi connectivity index (χ0n) is 16.9. The van der Waals surface area contributed by atoms with Gasteiger partial charge in [-0.1, -0.05) is 24.3 Å². The fraction of sp³-hybridized carbons (Fsp3) is 0.304. The van der Waals surface area contributed by atoms with Crippen molar-refractivity contribution >= 4 is 17.2 Å². The topological polar surface area (TPSA) is 63.7 Å². The van der Waals surface area contributed by atoms with E-state index < -0.39 is 0 Å². The van der Waals surface area contributed by atoms with E-state index in [4.69, 9.17) is 9.47 Å². The molecule has 1 aliphatic heterocycles. The highest BCUT2D eigenvalue weighted by molar-refractivity contribution is 7.10. The Morgan fingerprint density at radius 3 is 2.83 bits per heavy atom. The number of thiophene rings is 1. The summed E-state index contributed by atoms with van der Waals surface area (Å²) >= 11 is 1.71. The zero-order valence-corrected chi connectivity index (χ0v) is 17.7. The van der Waals surface area contributed by atoms with Crippen LogP contribution in [-0.4, -0.2) is 48.1 Å². The van der Waals surface area contributed by atoms with Crippen molar-refractivity contribution in [1.82, 2.24) is 15.2 Å². The Kier molecular flexibility index (Phi) is 6.74. The third-order valence-corrected chi connectivity index (χ3v) is 5.98. The molecule has 0 unspecified atom stereocenters. The number of morpholine rings is 1. The van der Waals surface area contributed by atoms with E-state index >= 15 is 0 Å². The Balaban J connectivity index is 1.38. The molecule has 1 N–H and O–H groups in total. The van der Waals surface area contributed by atoms with Gasteiger partial charge in [-0.25, -0.2) is 4.98 Å². The molecular weight excluding hydrogens is 398 g/mol. The Morgan fingerprint density at radius 2 is 2.13 bits per heavy atom. The fourth-order valence-corrected chi connectivity index (χ4v) is 4.36. The smallest absolute Gasteiger partial charge is 0.252 e. The molecule has 1 aliphatic rings. The van der Waals surface area contributed by atoms with E-state index in [0.717, 1.165) is 13.1 Å². The summed E-state index contributed by atoms with van der Waals surface area (Å²) in [6, 6.07) is 17.2. The largest absolute Gasteiger partial charge is 0.439 e. The number of pyridine rings is 1. The van der Waals surface area contributed by atoms with Gasteiger partial charge in [0.15, 0.2) is 0 Å². The first-order valence-electron chi connectivity index (χ1n) is 10.1. The molecule has 156 valence electrons. The summed E-state index contributed by atoms with van der Waals surface area (Å²) in [6.45, 7) is 5.04. The summed E-state index contributed by atoms with van der Waals surface area (Å²) in [6.07, 6.45) is 1.74. The molecule has 0 spiro atoms. The van der Waals surface area contributed by atoms with Gasteiger partial charge in [-0.15, -0.1) is 11.3 Å². The fourth-order valence-electron chi connectivity index (χ4n) is 3.49. The molecule has 0 saturated carbocycles. The van der Waals surface area contributed by atoms with Crippen molar-refractivity contribution in [2.75, 3.05) is 26.2 Å². The number of nitrogens with one attached hydrogen (secondary N) is 1. The third-order valence-electron chi connectivity index (χ3n) is 5.00. The highest BCUT2D eigenvalue weighted by Crippen LogP contribution is 2.26. The van der Waals surface area contributed by atoms with Crippen LogP contribution in [0.5, 0.6) is 11.6 Å². The van der Waals surface area contributed by atoms with Crippen LogP contribution in [-0.2, 0) is 4.74 Å². The van der Waals surface area contributed by atoms with Gasteiger partial charge in [-0.2, -0.15) is 0 Å². The van der Waals surface area contributed by atoms with Crippen LogP contribution < -0.4 is 10.1 Å². The van der Waals surface area contributed by atoms with Crippen LogP contribution in [0.4, 0.5) is 0 Å². The molecule has 6 nitrogen and oxygen atoms in total. The first-order chi connectivity index (χ1) is 14.7. The van der Waals surface area contributed by atoms with E-state index in [2.05, 4.69) is 33.6 Å². The third kappa shape index (κ3) is 5.24. The van der Waals surface area contributed by atoms with Gasteiger partial charge >= 0.3 is 0 Å². The lowest BCUT2D eigenvalue weighted by molar-refractivity contribution is -0.0336. The quantitative estimate of drug-likeness (QED) is 0.619. The van der Waals surface area contributed by atoms with Gasteiger partial charge < -0.3 is 14.8 Å². The number of benzene rings is 1. The molecule has 0 bridgehead atoms. The first kappa shape index (κ1) is 20.5. The van der Waals surface area contributed by atoms with Crippen LogP contribution in [0.25, 0.3) is 0 Å². The summed E-state index contributed by atoms with van der Waals surface area (Å²) in [7, 11) is 0. The van der Waals surface area contributed by atoms with Crippen LogP contribution in [0, 0.1) is 0 Å². The minimum atomic E-state index is -0.142. The summed E-state index contributed by atoms with van der Waals surface area (Å²) in [5, 5.41) is 5.15. The van der Waals surface area contributed by atoms with Crippen LogP contribution in [0.2, 0.25) is 0 Å². The Bertz CT molecular complexity index is 932. The van der Waals surface area contributed by atoms with Crippen molar-refractivity contribution in [1.29, 1.82) is 0 Å². The molecule has 7 heteroatoms. The van der Waals surface area contributed by atoms with E-state index in [1.54, 1.807) is 29.7 Å². The zero-order chi connectivity index (χ0) is 20.8. The van der Waals surface area contributed by atoms with Gasteiger partial charge in [0, 0.05) is 36.8 Å². The van der Waals surface area contributed by atoms with Gasteiger partial charge in [-0.3, -0.25) is 9.69 Å². The highest BCUT2D eigenvalue weighted by atomic mass is 32.1. The van der Waals surface area contributed by atoms with E-state index in [0.29, 0.717) is 30.3 Å². The second-order valence-corrected chi connectivity index (χ2v) is 8.20. The number of hydrogen-bond acceptors (Lipinski definition) is 6. The van der Waals surface area contributed by atoms with Crippen molar-refractivity contribution in [3.63, 3.8) is 0 Å². The first-order valence-corrected chi connectivity index (χ1v) is 10.9. The molecule has 4 rings (SSSR count). The number of nitrogens with zero attached hydrogens (tertiary/aromatic N) is 2. The number of ether oxygens (including phenoxy) is 2. The van der Waals surface area contributed by atoms with Crippen molar-refractivity contribution in [3.8, 4) is 11.6 Å². The van der Waals surface area contributed by atoms with E-state index in [1.165, 1.54) is 4.88 Å². The molecule has 1 fully saturated rings. The minimum absolute atomic E-state index is 0.133. The SMILES string of the molecule is C[C@H]1CN([C@H](CNC(=O)c2ccc(Oc3ccccc3)nc2)c2cccs2)CCO1. The van der Waals surface area contributed by atoms with Gasteiger partial charge in [0.05, 0.1) is 24.3 Å². The van der Waals surface area contributed by atoms with Gasteiger partial charge in [-0.05, 0) is 36.6 Å². The maximum Gasteiger partial charge on any atom is 0.252 e. The molecule has 2 aromatic heterocycles. The summed E-state index contributed by atoms with van der Waals surface area (Å²) < 4.78 is 11.4. The molecule has 1 aromatic carbocycles. The lowest BCUT2D eigenvalue weighted by atomic mass is 10.1. The van der Waals surface area contributed by atoms with Crippen molar-refractivity contribution < 1.29 is 14.3 Å². The molecule has 30 heavy (non-hydrogen) atoms. The predicted molar refractivity (Wildman–Crippen MR) is 117 cm³/mol. The lowest BCUT2D eigenvalue weighted by Gasteiger charge is -2.37.